The smallest absolute Gasteiger partial charge is 0.222 e. The molecule has 0 aromatic rings. The van der Waals surface area contributed by atoms with Crippen molar-refractivity contribution in [3.05, 3.63) is 0 Å². The summed E-state index contributed by atoms with van der Waals surface area (Å²) >= 11 is 0. The standard InChI is InChI=1S/C10H20N2O/c1-10(2,8-11)5-7-12-6-3-4-9(12)13/h3-8,11H2,1-2H3. The van der Waals surface area contributed by atoms with Gasteiger partial charge < -0.3 is 10.6 Å². The highest BCUT2D eigenvalue weighted by molar-refractivity contribution is 5.77. The van der Waals surface area contributed by atoms with Gasteiger partial charge >= 0.3 is 0 Å². The molecular formula is C10H20N2O. The van der Waals surface area contributed by atoms with E-state index in [0.29, 0.717) is 12.5 Å². The van der Waals surface area contributed by atoms with Gasteiger partial charge in [-0.1, -0.05) is 13.8 Å². The molecular weight excluding hydrogens is 164 g/mol. The normalized spacial score (nSPS) is 18.4. The lowest BCUT2D eigenvalue weighted by atomic mass is 9.89. The number of rotatable bonds is 4. The molecule has 1 saturated heterocycles. The van der Waals surface area contributed by atoms with Crippen molar-refractivity contribution in [3.63, 3.8) is 0 Å². The zero-order chi connectivity index (χ0) is 9.90. The number of nitrogens with two attached hydrogens (primary N) is 1. The van der Waals surface area contributed by atoms with E-state index < -0.39 is 0 Å². The molecule has 13 heavy (non-hydrogen) atoms. The van der Waals surface area contributed by atoms with Crippen LogP contribution in [0.1, 0.15) is 33.1 Å². The Morgan fingerprint density at radius 2 is 2.23 bits per heavy atom. The fourth-order valence-electron chi connectivity index (χ4n) is 1.48. The lowest BCUT2D eigenvalue weighted by Gasteiger charge is -2.25. The first-order valence-electron chi connectivity index (χ1n) is 5.03. The van der Waals surface area contributed by atoms with Crippen LogP contribution in [0.15, 0.2) is 0 Å². The van der Waals surface area contributed by atoms with Gasteiger partial charge in [-0.3, -0.25) is 4.79 Å². The second kappa shape index (κ2) is 4.09. The second-order valence-electron chi connectivity index (χ2n) is 4.60. The van der Waals surface area contributed by atoms with Gasteiger partial charge in [-0.2, -0.15) is 0 Å². The van der Waals surface area contributed by atoms with E-state index in [9.17, 15) is 4.79 Å². The lowest BCUT2D eigenvalue weighted by molar-refractivity contribution is -0.127. The largest absolute Gasteiger partial charge is 0.343 e. The molecule has 3 nitrogen and oxygen atoms in total. The quantitative estimate of drug-likeness (QED) is 0.708. The molecule has 2 N–H and O–H groups in total. The maximum Gasteiger partial charge on any atom is 0.222 e. The molecule has 0 atom stereocenters. The van der Waals surface area contributed by atoms with Crippen molar-refractivity contribution in [1.29, 1.82) is 0 Å². The Kier molecular flexibility index (Phi) is 3.31. The third kappa shape index (κ3) is 2.99. The molecule has 1 amide bonds. The van der Waals surface area contributed by atoms with Crippen molar-refractivity contribution in [1.82, 2.24) is 4.90 Å². The van der Waals surface area contributed by atoms with Gasteiger partial charge in [0.1, 0.15) is 0 Å². The average Bonchev–Trinajstić information content (AvgIpc) is 2.48. The van der Waals surface area contributed by atoms with Crippen LogP contribution < -0.4 is 5.73 Å². The van der Waals surface area contributed by atoms with Gasteiger partial charge in [0.2, 0.25) is 5.91 Å². The first-order valence-corrected chi connectivity index (χ1v) is 5.03. The predicted octanol–water partition coefficient (Wildman–Crippen LogP) is 0.984. The van der Waals surface area contributed by atoms with Gasteiger partial charge in [0.05, 0.1) is 0 Å². The van der Waals surface area contributed by atoms with Crippen LogP contribution in [-0.4, -0.2) is 30.4 Å². The van der Waals surface area contributed by atoms with Crippen LogP contribution >= 0.6 is 0 Å². The van der Waals surface area contributed by atoms with E-state index in [1.807, 2.05) is 4.90 Å². The van der Waals surface area contributed by atoms with E-state index in [2.05, 4.69) is 13.8 Å². The fourth-order valence-corrected chi connectivity index (χ4v) is 1.48. The summed E-state index contributed by atoms with van der Waals surface area (Å²) in [5.74, 6) is 0.313. The van der Waals surface area contributed by atoms with Crippen molar-refractivity contribution in [2.24, 2.45) is 11.1 Å². The number of nitrogens with zero attached hydrogens (tertiary/aromatic N) is 1. The summed E-state index contributed by atoms with van der Waals surface area (Å²) < 4.78 is 0. The molecule has 0 unspecified atom stereocenters. The highest BCUT2D eigenvalue weighted by Gasteiger charge is 2.23. The van der Waals surface area contributed by atoms with E-state index in [1.165, 1.54) is 0 Å². The molecule has 0 aliphatic carbocycles. The third-order valence-electron chi connectivity index (χ3n) is 2.78. The van der Waals surface area contributed by atoms with Crippen LogP contribution in [0.4, 0.5) is 0 Å². The van der Waals surface area contributed by atoms with Gasteiger partial charge in [0, 0.05) is 19.5 Å². The average molecular weight is 184 g/mol. The number of hydrogen-bond donors (Lipinski definition) is 1. The van der Waals surface area contributed by atoms with Gasteiger partial charge in [-0.05, 0) is 24.8 Å². The maximum atomic E-state index is 11.3. The molecule has 1 aliphatic heterocycles. The zero-order valence-electron chi connectivity index (χ0n) is 8.68. The molecule has 0 spiro atoms. The van der Waals surface area contributed by atoms with Crippen molar-refractivity contribution in [2.45, 2.75) is 33.1 Å². The van der Waals surface area contributed by atoms with Crippen LogP contribution in [-0.2, 0) is 4.79 Å². The fraction of sp³-hybridized carbons (Fsp3) is 0.900. The molecule has 1 aliphatic rings. The SMILES string of the molecule is CC(C)(CN)CCN1CCCC1=O. The molecule has 0 radical (unpaired) electrons. The summed E-state index contributed by atoms with van der Waals surface area (Å²) in [5, 5.41) is 0. The minimum atomic E-state index is 0.170. The van der Waals surface area contributed by atoms with Gasteiger partial charge in [0.25, 0.3) is 0 Å². The minimum Gasteiger partial charge on any atom is -0.343 e. The van der Waals surface area contributed by atoms with E-state index >= 15 is 0 Å². The van der Waals surface area contributed by atoms with Crippen molar-refractivity contribution in [2.75, 3.05) is 19.6 Å². The van der Waals surface area contributed by atoms with Gasteiger partial charge in [-0.25, -0.2) is 0 Å². The summed E-state index contributed by atoms with van der Waals surface area (Å²) in [6, 6.07) is 0. The maximum absolute atomic E-state index is 11.3. The number of hydrogen-bond acceptors (Lipinski definition) is 2. The van der Waals surface area contributed by atoms with E-state index in [0.717, 1.165) is 32.4 Å². The Balaban J connectivity index is 2.29. The Morgan fingerprint density at radius 1 is 1.54 bits per heavy atom. The molecule has 0 saturated carbocycles. The zero-order valence-corrected chi connectivity index (χ0v) is 8.68. The van der Waals surface area contributed by atoms with Gasteiger partial charge in [0.15, 0.2) is 0 Å². The molecule has 0 aromatic carbocycles. The first-order chi connectivity index (χ1) is 6.05. The molecule has 3 heteroatoms. The Labute approximate surface area is 80.3 Å². The minimum absolute atomic E-state index is 0.170. The van der Waals surface area contributed by atoms with Crippen LogP contribution in [0.25, 0.3) is 0 Å². The lowest BCUT2D eigenvalue weighted by Crippen LogP contribution is -2.32. The van der Waals surface area contributed by atoms with Gasteiger partial charge in [-0.15, -0.1) is 0 Å². The van der Waals surface area contributed by atoms with Crippen LogP contribution in [0.3, 0.4) is 0 Å². The Hall–Kier alpha value is -0.570. The molecule has 76 valence electrons. The van der Waals surface area contributed by atoms with Crippen molar-refractivity contribution < 1.29 is 4.79 Å². The topological polar surface area (TPSA) is 46.3 Å². The Bertz CT molecular complexity index is 189. The summed E-state index contributed by atoms with van der Waals surface area (Å²) in [6.07, 6.45) is 2.78. The van der Waals surface area contributed by atoms with Crippen LogP contribution in [0.5, 0.6) is 0 Å². The number of carbonyl (C=O) groups is 1. The van der Waals surface area contributed by atoms with E-state index in [4.69, 9.17) is 5.73 Å². The molecule has 1 fully saturated rings. The highest BCUT2D eigenvalue weighted by atomic mass is 16.2. The third-order valence-corrected chi connectivity index (χ3v) is 2.78. The van der Waals surface area contributed by atoms with E-state index in [-0.39, 0.29) is 5.41 Å². The van der Waals surface area contributed by atoms with Crippen molar-refractivity contribution >= 4 is 5.91 Å². The number of carbonyl (C=O) groups excluding carboxylic acids is 1. The molecule has 0 bridgehead atoms. The molecule has 1 heterocycles. The molecule has 1 rings (SSSR count). The van der Waals surface area contributed by atoms with Crippen molar-refractivity contribution in [3.8, 4) is 0 Å². The van der Waals surface area contributed by atoms with Crippen LogP contribution in [0, 0.1) is 5.41 Å². The second-order valence-corrected chi connectivity index (χ2v) is 4.60. The monoisotopic (exact) mass is 184 g/mol. The predicted molar refractivity (Wildman–Crippen MR) is 53.3 cm³/mol. The van der Waals surface area contributed by atoms with Crippen LogP contribution in [0.2, 0.25) is 0 Å². The summed E-state index contributed by atoms with van der Waals surface area (Å²) in [4.78, 5) is 13.2. The van der Waals surface area contributed by atoms with E-state index in [1.54, 1.807) is 0 Å². The highest BCUT2D eigenvalue weighted by Crippen LogP contribution is 2.20. The summed E-state index contributed by atoms with van der Waals surface area (Å²) in [6.45, 7) is 6.80. The molecule has 0 aromatic heterocycles. The summed E-state index contributed by atoms with van der Waals surface area (Å²) in [7, 11) is 0. The number of amides is 1. The summed E-state index contributed by atoms with van der Waals surface area (Å²) in [5.41, 5.74) is 5.79. The number of likely N-dealkylation sites (tertiary alicyclic amines) is 1. The Morgan fingerprint density at radius 3 is 2.69 bits per heavy atom. The first kappa shape index (κ1) is 10.5.